The number of nitrogens with zero attached hydrogens (tertiary/aromatic N) is 2. The van der Waals surface area contributed by atoms with Crippen LogP contribution in [0.3, 0.4) is 0 Å². The molecule has 7 heteroatoms. The van der Waals surface area contributed by atoms with Gasteiger partial charge in [0.25, 0.3) is 5.91 Å². The molecule has 1 amide bonds. The molecular weight excluding hydrogens is 377 g/mol. The largest absolute Gasteiger partial charge is 0.497 e. The number of halogens is 1. The SMILES string of the molecule is COc1ccc(N=C2NC(=O)/C(=C\c3ccc(N4CCCC4)c(F)c3)S2)cc1. The molecule has 0 radical (unpaired) electrons. The third-order valence-corrected chi connectivity index (χ3v) is 5.58. The molecule has 144 valence electrons. The Hall–Kier alpha value is -2.80. The number of hydrogen-bond acceptors (Lipinski definition) is 5. The number of amides is 1. The molecule has 0 atom stereocenters. The van der Waals surface area contributed by atoms with E-state index in [1.165, 1.54) is 17.8 Å². The van der Waals surface area contributed by atoms with Crippen LogP contribution in [0.15, 0.2) is 52.4 Å². The minimum absolute atomic E-state index is 0.235. The molecule has 0 bridgehead atoms. The second kappa shape index (κ2) is 8.06. The number of anilines is 1. The van der Waals surface area contributed by atoms with Crippen LogP contribution in [0, 0.1) is 5.82 Å². The van der Waals surface area contributed by atoms with Crippen molar-refractivity contribution in [3.63, 3.8) is 0 Å². The molecular formula is C21H20FN3O2S. The molecule has 1 N–H and O–H groups in total. The van der Waals surface area contributed by atoms with E-state index in [4.69, 9.17) is 4.74 Å². The lowest BCUT2D eigenvalue weighted by atomic mass is 10.1. The van der Waals surface area contributed by atoms with E-state index in [0.717, 1.165) is 31.7 Å². The molecule has 0 aromatic heterocycles. The van der Waals surface area contributed by atoms with Crippen LogP contribution in [0.25, 0.3) is 6.08 Å². The minimum atomic E-state index is -0.258. The first-order valence-electron chi connectivity index (χ1n) is 9.10. The van der Waals surface area contributed by atoms with E-state index in [-0.39, 0.29) is 11.7 Å². The molecule has 5 nitrogen and oxygen atoms in total. The number of ether oxygens (including phenoxy) is 1. The Morgan fingerprint density at radius 3 is 2.61 bits per heavy atom. The van der Waals surface area contributed by atoms with Crippen molar-refractivity contribution >= 4 is 40.3 Å². The monoisotopic (exact) mass is 397 g/mol. The van der Waals surface area contributed by atoms with Crippen LogP contribution >= 0.6 is 11.8 Å². The summed E-state index contributed by atoms with van der Waals surface area (Å²) < 4.78 is 19.6. The highest BCUT2D eigenvalue weighted by Gasteiger charge is 2.24. The van der Waals surface area contributed by atoms with Crippen LogP contribution in [0.4, 0.5) is 15.8 Å². The number of amidine groups is 1. The van der Waals surface area contributed by atoms with Crippen molar-refractivity contribution in [2.75, 3.05) is 25.1 Å². The van der Waals surface area contributed by atoms with Gasteiger partial charge in [-0.2, -0.15) is 0 Å². The lowest BCUT2D eigenvalue weighted by Crippen LogP contribution is -2.19. The maximum atomic E-state index is 14.5. The predicted octanol–water partition coefficient (Wildman–Crippen LogP) is 4.33. The normalized spacial score (nSPS) is 19.5. The standard InChI is InChI=1S/C21H20FN3O2S/c1-27-16-7-5-15(6-8-16)23-21-24-20(26)19(28-21)13-14-4-9-18(17(22)12-14)25-10-2-3-11-25/h4-9,12-13H,2-3,10-11H2,1H3,(H,23,24,26)/b19-13+. The number of benzene rings is 2. The van der Waals surface area contributed by atoms with Gasteiger partial charge in [0.1, 0.15) is 11.6 Å². The summed E-state index contributed by atoms with van der Waals surface area (Å²) in [5.74, 6) is 0.250. The van der Waals surface area contributed by atoms with Crippen LogP contribution < -0.4 is 15.0 Å². The Morgan fingerprint density at radius 1 is 1.18 bits per heavy atom. The molecule has 0 unspecified atom stereocenters. The third kappa shape index (κ3) is 4.04. The molecule has 0 aliphatic carbocycles. The number of hydrogen-bond donors (Lipinski definition) is 1. The van der Waals surface area contributed by atoms with Crippen molar-refractivity contribution < 1.29 is 13.9 Å². The fourth-order valence-electron chi connectivity index (χ4n) is 3.23. The number of carbonyl (C=O) groups is 1. The van der Waals surface area contributed by atoms with Crippen molar-refractivity contribution in [1.29, 1.82) is 0 Å². The second-order valence-corrected chi connectivity index (χ2v) is 7.62. The summed E-state index contributed by atoms with van der Waals surface area (Å²) in [7, 11) is 1.60. The van der Waals surface area contributed by atoms with E-state index < -0.39 is 0 Å². The smallest absolute Gasteiger partial charge is 0.264 e. The van der Waals surface area contributed by atoms with Crippen LogP contribution in [0.1, 0.15) is 18.4 Å². The fraction of sp³-hybridized carbons (Fsp3) is 0.238. The molecule has 2 aliphatic rings. The van der Waals surface area contributed by atoms with E-state index in [1.54, 1.807) is 19.3 Å². The number of thioether (sulfide) groups is 1. The van der Waals surface area contributed by atoms with E-state index in [0.29, 0.717) is 27.0 Å². The maximum Gasteiger partial charge on any atom is 0.264 e. The van der Waals surface area contributed by atoms with E-state index in [1.807, 2.05) is 30.3 Å². The van der Waals surface area contributed by atoms with Gasteiger partial charge >= 0.3 is 0 Å². The molecule has 4 rings (SSSR count). The molecule has 28 heavy (non-hydrogen) atoms. The highest BCUT2D eigenvalue weighted by molar-refractivity contribution is 8.18. The molecule has 2 aliphatic heterocycles. The molecule has 2 heterocycles. The van der Waals surface area contributed by atoms with Crippen LogP contribution in [-0.4, -0.2) is 31.3 Å². The van der Waals surface area contributed by atoms with Gasteiger partial charge in [-0.05, 0) is 72.6 Å². The average Bonchev–Trinajstić information content (AvgIpc) is 3.33. The summed E-state index contributed by atoms with van der Waals surface area (Å²) in [6.07, 6.45) is 3.88. The zero-order chi connectivity index (χ0) is 19.5. The van der Waals surface area contributed by atoms with E-state index in [2.05, 4.69) is 15.2 Å². The summed E-state index contributed by atoms with van der Waals surface area (Å²) in [4.78, 5) is 19.2. The Labute approximate surface area is 167 Å². The van der Waals surface area contributed by atoms with Gasteiger partial charge in [-0.15, -0.1) is 0 Å². The summed E-state index contributed by atoms with van der Waals surface area (Å²) in [5, 5.41) is 3.24. The van der Waals surface area contributed by atoms with Gasteiger partial charge in [0.15, 0.2) is 5.17 Å². The summed E-state index contributed by atoms with van der Waals surface area (Å²) in [6, 6.07) is 12.4. The molecule has 2 saturated heterocycles. The molecule has 2 fully saturated rings. The van der Waals surface area contributed by atoms with Crippen molar-refractivity contribution in [2.45, 2.75) is 12.8 Å². The average molecular weight is 397 g/mol. The van der Waals surface area contributed by atoms with Gasteiger partial charge in [-0.25, -0.2) is 9.38 Å². The Kier molecular flexibility index (Phi) is 5.34. The van der Waals surface area contributed by atoms with E-state index >= 15 is 0 Å². The zero-order valence-electron chi connectivity index (χ0n) is 15.4. The van der Waals surface area contributed by atoms with Crippen molar-refractivity contribution in [3.8, 4) is 5.75 Å². The van der Waals surface area contributed by atoms with Crippen LogP contribution in [-0.2, 0) is 4.79 Å². The highest BCUT2D eigenvalue weighted by Crippen LogP contribution is 2.30. The van der Waals surface area contributed by atoms with Crippen molar-refractivity contribution in [2.24, 2.45) is 4.99 Å². The highest BCUT2D eigenvalue weighted by atomic mass is 32.2. The molecule has 0 saturated carbocycles. The summed E-state index contributed by atoms with van der Waals surface area (Å²) in [6.45, 7) is 1.78. The number of methoxy groups -OCH3 is 1. The fourth-order valence-corrected chi connectivity index (χ4v) is 4.08. The van der Waals surface area contributed by atoms with E-state index in [9.17, 15) is 9.18 Å². The van der Waals surface area contributed by atoms with Gasteiger partial charge in [0.2, 0.25) is 0 Å². The lowest BCUT2D eigenvalue weighted by molar-refractivity contribution is -0.115. The van der Waals surface area contributed by atoms with Gasteiger partial charge < -0.3 is 15.0 Å². The van der Waals surface area contributed by atoms with Crippen LogP contribution in [0.5, 0.6) is 5.75 Å². The maximum absolute atomic E-state index is 14.5. The van der Waals surface area contributed by atoms with Crippen molar-refractivity contribution in [1.82, 2.24) is 5.32 Å². The zero-order valence-corrected chi connectivity index (χ0v) is 16.3. The third-order valence-electron chi connectivity index (χ3n) is 4.67. The number of aliphatic imine (C=N–C) groups is 1. The number of carbonyl (C=O) groups excluding carboxylic acids is 1. The van der Waals surface area contributed by atoms with Gasteiger partial charge in [-0.3, -0.25) is 4.79 Å². The Bertz CT molecular complexity index is 951. The second-order valence-electron chi connectivity index (χ2n) is 6.58. The molecule has 2 aromatic carbocycles. The first-order valence-corrected chi connectivity index (χ1v) is 9.92. The first kappa shape index (κ1) is 18.6. The minimum Gasteiger partial charge on any atom is -0.497 e. The Balaban J connectivity index is 1.51. The number of rotatable bonds is 4. The Morgan fingerprint density at radius 2 is 1.93 bits per heavy atom. The topological polar surface area (TPSA) is 53.9 Å². The molecule has 0 spiro atoms. The van der Waals surface area contributed by atoms with Gasteiger partial charge in [-0.1, -0.05) is 6.07 Å². The summed E-state index contributed by atoms with van der Waals surface area (Å²) >= 11 is 1.24. The molecule has 2 aromatic rings. The lowest BCUT2D eigenvalue weighted by Gasteiger charge is -2.18. The van der Waals surface area contributed by atoms with Crippen molar-refractivity contribution in [3.05, 3.63) is 58.8 Å². The quantitative estimate of drug-likeness (QED) is 0.781. The predicted molar refractivity (Wildman–Crippen MR) is 112 cm³/mol. The first-order chi connectivity index (χ1) is 13.6. The van der Waals surface area contributed by atoms with Crippen LogP contribution in [0.2, 0.25) is 0 Å². The van der Waals surface area contributed by atoms with Gasteiger partial charge in [0.05, 0.1) is 23.4 Å². The number of nitrogens with one attached hydrogen (secondary N) is 1. The summed E-state index contributed by atoms with van der Waals surface area (Å²) in [5.41, 5.74) is 2.00. The van der Waals surface area contributed by atoms with Gasteiger partial charge in [0, 0.05) is 13.1 Å².